The highest BCUT2D eigenvalue weighted by Crippen LogP contribution is 2.31. The molecule has 12 nitrogen and oxygen atoms in total. The average Bonchev–Trinajstić information content (AvgIpc) is 3.60. The number of hydrogen-bond donors (Lipinski definition) is 4. The molecule has 3 heterocycles. The molecular formula is C34H41N7O5. The van der Waals surface area contributed by atoms with Gasteiger partial charge in [-0.3, -0.25) is 19.8 Å². The summed E-state index contributed by atoms with van der Waals surface area (Å²) in [6.07, 6.45) is 0.847. The molecule has 12 heteroatoms. The molecule has 0 aliphatic carbocycles. The summed E-state index contributed by atoms with van der Waals surface area (Å²) in [6.45, 7) is 6.23. The predicted octanol–water partition coefficient (Wildman–Crippen LogP) is 2.89. The van der Waals surface area contributed by atoms with Crippen molar-refractivity contribution in [3.8, 4) is 16.9 Å². The summed E-state index contributed by atoms with van der Waals surface area (Å²) in [5.41, 5.74) is 2.99. The maximum absolute atomic E-state index is 13.7. The van der Waals surface area contributed by atoms with Crippen molar-refractivity contribution in [1.29, 1.82) is 0 Å². The lowest BCUT2D eigenvalue weighted by molar-refractivity contribution is 0.0922. The second-order valence-corrected chi connectivity index (χ2v) is 11.7. The van der Waals surface area contributed by atoms with Gasteiger partial charge in [0.25, 0.3) is 11.5 Å². The summed E-state index contributed by atoms with van der Waals surface area (Å²) in [7, 11) is 3.25. The minimum atomic E-state index is -0.764. The van der Waals surface area contributed by atoms with Crippen molar-refractivity contribution < 1.29 is 19.4 Å². The van der Waals surface area contributed by atoms with Gasteiger partial charge in [0.2, 0.25) is 0 Å². The Balaban J connectivity index is 1.47. The molecule has 4 N–H and O–H groups in total. The zero-order valence-corrected chi connectivity index (χ0v) is 26.6. The van der Waals surface area contributed by atoms with Gasteiger partial charge in [0.05, 0.1) is 30.1 Å². The van der Waals surface area contributed by atoms with Crippen LogP contribution in [0.5, 0.6) is 0 Å². The highest BCUT2D eigenvalue weighted by molar-refractivity contribution is 5.95. The largest absolute Gasteiger partial charge is 0.392 e. The molecule has 0 saturated carbocycles. The Hall–Kier alpha value is -4.78. The van der Waals surface area contributed by atoms with E-state index in [-0.39, 0.29) is 30.1 Å². The predicted molar refractivity (Wildman–Crippen MR) is 176 cm³/mol. The van der Waals surface area contributed by atoms with Crippen LogP contribution in [0, 0.1) is 6.92 Å². The van der Waals surface area contributed by atoms with Gasteiger partial charge >= 0.3 is 6.03 Å². The summed E-state index contributed by atoms with van der Waals surface area (Å²) in [5, 5.41) is 23.3. The zero-order valence-electron chi connectivity index (χ0n) is 26.6. The van der Waals surface area contributed by atoms with Crippen molar-refractivity contribution in [2.75, 3.05) is 45.2 Å². The highest BCUT2D eigenvalue weighted by atomic mass is 16.5. The Morgan fingerprint density at radius 3 is 2.46 bits per heavy atom. The van der Waals surface area contributed by atoms with Crippen LogP contribution in [0.25, 0.3) is 16.9 Å². The topological polar surface area (TPSA) is 143 Å². The van der Waals surface area contributed by atoms with E-state index in [1.54, 1.807) is 32.0 Å². The van der Waals surface area contributed by atoms with Crippen LogP contribution in [-0.4, -0.2) is 88.3 Å². The molecule has 0 radical (unpaired) electrons. The molecule has 1 aliphatic heterocycles. The second-order valence-electron chi connectivity index (χ2n) is 11.7. The second kappa shape index (κ2) is 14.5. The number of carbonyl (C=O) groups is 2. The van der Waals surface area contributed by atoms with Crippen LogP contribution in [0.3, 0.4) is 0 Å². The van der Waals surface area contributed by atoms with Crippen molar-refractivity contribution in [3.63, 3.8) is 0 Å². The number of likely N-dealkylation sites (tertiary alicyclic amines) is 1. The van der Waals surface area contributed by atoms with Gasteiger partial charge in [0.15, 0.2) is 0 Å². The number of aliphatic hydroxyl groups is 1. The lowest BCUT2D eigenvalue weighted by atomic mass is 9.94. The summed E-state index contributed by atoms with van der Waals surface area (Å²) in [4.78, 5) is 41.7. The Kier molecular flexibility index (Phi) is 10.3. The van der Waals surface area contributed by atoms with E-state index in [1.165, 1.54) is 10.6 Å². The van der Waals surface area contributed by atoms with Crippen LogP contribution in [0.2, 0.25) is 0 Å². The number of aryl methyl sites for hydroxylation is 1. The Labute approximate surface area is 268 Å². The van der Waals surface area contributed by atoms with E-state index in [0.29, 0.717) is 35.8 Å². The van der Waals surface area contributed by atoms with Crippen LogP contribution in [0.4, 0.5) is 10.6 Å². The number of urea groups is 1. The fourth-order valence-electron chi connectivity index (χ4n) is 5.80. The number of carbonyl (C=O) groups excluding carboxylic acids is 2. The first-order valence-electron chi connectivity index (χ1n) is 15.3. The van der Waals surface area contributed by atoms with Crippen LogP contribution in [0.15, 0.2) is 77.7 Å². The van der Waals surface area contributed by atoms with E-state index in [4.69, 9.17) is 9.84 Å². The quantitative estimate of drug-likeness (QED) is 0.200. The fraction of sp³-hybridized carbons (Fsp3) is 0.353. The lowest BCUT2D eigenvalue weighted by Crippen LogP contribution is -2.42. The molecular weight excluding hydrogens is 586 g/mol. The number of rotatable bonds is 11. The third-order valence-electron chi connectivity index (χ3n) is 8.17. The minimum absolute atomic E-state index is 0.00726. The number of hydrogen-bond acceptors (Lipinski definition) is 7. The third kappa shape index (κ3) is 7.36. The van der Waals surface area contributed by atoms with Gasteiger partial charge < -0.3 is 25.0 Å². The maximum atomic E-state index is 13.7. The molecule has 2 aromatic carbocycles. The first-order chi connectivity index (χ1) is 22.2. The van der Waals surface area contributed by atoms with E-state index in [1.807, 2.05) is 55.5 Å². The van der Waals surface area contributed by atoms with Crippen molar-refractivity contribution in [1.82, 2.24) is 29.9 Å². The highest BCUT2D eigenvalue weighted by Gasteiger charge is 2.35. The zero-order chi connectivity index (χ0) is 32.8. The van der Waals surface area contributed by atoms with Crippen LogP contribution in [-0.2, 0) is 11.8 Å². The van der Waals surface area contributed by atoms with E-state index in [0.717, 1.165) is 24.3 Å². The number of benzene rings is 2. The number of aromatic nitrogens is 3. The maximum Gasteiger partial charge on any atom is 0.320 e. The smallest absolute Gasteiger partial charge is 0.320 e. The van der Waals surface area contributed by atoms with E-state index < -0.39 is 17.6 Å². The molecule has 3 amide bonds. The average molecular weight is 628 g/mol. The molecule has 1 aliphatic rings. The number of anilines is 1. The number of pyridine rings is 1. The fourth-order valence-corrected chi connectivity index (χ4v) is 5.80. The molecule has 46 heavy (non-hydrogen) atoms. The molecule has 1 fully saturated rings. The van der Waals surface area contributed by atoms with E-state index >= 15 is 0 Å². The normalized spacial score (nSPS) is 17.1. The van der Waals surface area contributed by atoms with Gasteiger partial charge in [-0.15, -0.1) is 0 Å². The van der Waals surface area contributed by atoms with Crippen LogP contribution in [0.1, 0.15) is 34.3 Å². The Morgan fingerprint density at radius 1 is 1.09 bits per heavy atom. The van der Waals surface area contributed by atoms with Crippen molar-refractivity contribution in [2.45, 2.75) is 31.9 Å². The monoisotopic (exact) mass is 627 g/mol. The first kappa shape index (κ1) is 32.6. The van der Waals surface area contributed by atoms with E-state index in [2.05, 4.69) is 33.0 Å². The first-order valence-corrected chi connectivity index (χ1v) is 15.3. The number of methoxy groups -OCH3 is 1. The van der Waals surface area contributed by atoms with E-state index in [9.17, 15) is 19.5 Å². The number of para-hydroxylation sites is 1. The molecule has 0 unspecified atom stereocenters. The molecule has 3 atom stereocenters. The van der Waals surface area contributed by atoms with Gasteiger partial charge in [0, 0.05) is 63.6 Å². The summed E-state index contributed by atoms with van der Waals surface area (Å²) >= 11 is 0. The van der Waals surface area contributed by atoms with Crippen LogP contribution >= 0.6 is 0 Å². The molecule has 4 aromatic rings. The molecule has 0 bridgehead atoms. The van der Waals surface area contributed by atoms with Gasteiger partial charge in [-0.25, -0.2) is 9.48 Å². The van der Waals surface area contributed by atoms with Crippen LogP contribution < -0.4 is 21.5 Å². The molecule has 242 valence electrons. The summed E-state index contributed by atoms with van der Waals surface area (Å²) in [6, 6.07) is 20.6. The Morgan fingerprint density at radius 2 is 1.78 bits per heavy atom. The van der Waals surface area contributed by atoms with Crippen molar-refractivity contribution >= 4 is 17.8 Å². The van der Waals surface area contributed by atoms with Gasteiger partial charge in [-0.2, -0.15) is 5.10 Å². The standard InChI is InChI=1S/C34H41N7O5/c1-22(42)18-35-32(43)27-17-25(19-39(3)33(27)44)30-23(2)31(41(38-30)26-13-9-6-10-14-26)37-34(45)36-29-21-40(15-16-46-4)20-28(29)24-11-7-5-8-12-24/h5-14,17,19,22,28-29,42H,15-16,18,20-21H2,1-4H3,(H,35,43)(H2,36,37,45)/t22-,28+,29-/m1/s1. The number of nitrogens with zero attached hydrogens (tertiary/aromatic N) is 4. The summed E-state index contributed by atoms with van der Waals surface area (Å²) < 4.78 is 8.28. The Bertz CT molecular complexity index is 1720. The number of amides is 3. The number of aliphatic hydroxyl groups excluding tert-OH is 1. The summed E-state index contributed by atoms with van der Waals surface area (Å²) in [5.74, 6) is -0.0352. The van der Waals surface area contributed by atoms with Gasteiger partial charge in [-0.05, 0) is 37.6 Å². The molecule has 1 saturated heterocycles. The minimum Gasteiger partial charge on any atom is -0.392 e. The molecule has 2 aromatic heterocycles. The number of ether oxygens (including phenoxy) is 1. The number of nitrogens with one attached hydrogen (secondary N) is 3. The SMILES string of the molecule is COCCN1C[C@@H](NC(=O)Nc2c(C)c(-c3cc(C(=O)NC[C@@H](C)O)c(=O)n(C)c3)nn2-c2ccccc2)[C@H](c2ccccc2)C1. The van der Waals surface area contributed by atoms with Gasteiger partial charge in [-0.1, -0.05) is 48.5 Å². The molecule has 5 rings (SSSR count). The molecule has 0 spiro atoms. The van der Waals surface area contributed by atoms with Gasteiger partial charge in [0.1, 0.15) is 11.4 Å². The van der Waals surface area contributed by atoms with Crippen molar-refractivity contribution in [3.05, 3.63) is 100.0 Å². The van der Waals surface area contributed by atoms with Crippen molar-refractivity contribution in [2.24, 2.45) is 7.05 Å². The lowest BCUT2D eigenvalue weighted by Gasteiger charge is -2.21. The third-order valence-corrected chi connectivity index (χ3v) is 8.17.